The van der Waals surface area contributed by atoms with E-state index in [9.17, 15) is 4.39 Å². The molecule has 0 saturated carbocycles. The van der Waals surface area contributed by atoms with Gasteiger partial charge < -0.3 is 5.73 Å². The Hall–Kier alpha value is -0.550. The van der Waals surface area contributed by atoms with Crippen LogP contribution in [0.25, 0.3) is 0 Å². The molecule has 0 aliphatic carbocycles. The molecule has 1 rings (SSSR count). The molecule has 0 aliphatic heterocycles. The van der Waals surface area contributed by atoms with E-state index in [2.05, 4.69) is 15.9 Å². The largest absolute Gasteiger partial charge is 0.379 e. The van der Waals surface area contributed by atoms with Crippen LogP contribution in [-0.4, -0.2) is 5.17 Å². The van der Waals surface area contributed by atoms with Crippen LogP contribution in [0.4, 0.5) is 4.39 Å². The molecule has 0 saturated heterocycles. The first-order chi connectivity index (χ1) is 6.09. The maximum atomic E-state index is 12.8. The highest BCUT2D eigenvalue weighted by Crippen LogP contribution is 2.19. The summed E-state index contributed by atoms with van der Waals surface area (Å²) in [6, 6.07) is 4.75. The zero-order chi connectivity index (χ0) is 9.84. The summed E-state index contributed by atoms with van der Waals surface area (Å²) in [5, 5.41) is 7.06. The Morgan fingerprint density at radius 1 is 1.62 bits per heavy atom. The highest BCUT2D eigenvalue weighted by molar-refractivity contribution is 9.10. The molecule has 0 amide bonds. The van der Waals surface area contributed by atoms with Crippen molar-refractivity contribution >= 4 is 32.9 Å². The molecule has 5 heteroatoms. The quantitative estimate of drug-likeness (QED) is 0.636. The van der Waals surface area contributed by atoms with Crippen molar-refractivity contribution in [2.24, 2.45) is 5.73 Å². The Morgan fingerprint density at radius 2 is 2.31 bits per heavy atom. The third kappa shape index (κ3) is 3.36. The third-order valence-electron chi connectivity index (χ3n) is 1.38. The molecule has 0 heterocycles. The van der Waals surface area contributed by atoms with E-state index < -0.39 is 0 Å². The Bertz CT molecular complexity index is 330. The molecule has 1 aromatic rings. The summed E-state index contributed by atoms with van der Waals surface area (Å²) in [6.07, 6.45) is 0. The van der Waals surface area contributed by atoms with E-state index in [4.69, 9.17) is 11.1 Å². The van der Waals surface area contributed by atoms with Gasteiger partial charge >= 0.3 is 0 Å². The number of amidine groups is 1. The smallest absolute Gasteiger partial charge is 0.151 e. The van der Waals surface area contributed by atoms with Crippen LogP contribution in [0.2, 0.25) is 0 Å². The van der Waals surface area contributed by atoms with E-state index in [-0.39, 0.29) is 11.0 Å². The summed E-state index contributed by atoms with van der Waals surface area (Å²) >= 11 is 4.30. The normalized spacial score (nSPS) is 10.0. The summed E-state index contributed by atoms with van der Waals surface area (Å²) in [5.74, 6) is 0.311. The van der Waals surface area contributed by atoms with Gasteiger partial charge in [0, 0.05) is 5.75 Å². The lowest BCUT2D eigenvalue weighted by Gasteiger charge is -2.01. The molecule has 13 heavy (non-hydrogen) atoms. The second kappa shape index (κ2) is 4.62. The van der Waals surface area contributed by atoms with Gasteiger partial charge in [0.1, 0.15) is 5.82 Å². The van der Waals surface area contributed by atoms with Crippen LogP contribution >= 0.6 is 27.7 Å². The summed E-state index contributed by atoms with van der Waals surface area (Å²) in [6.45, 7) is 0. The van der Waals surface area contributed by atoms with E-state index in [0.717, 1.165) is 5.56 Å². The minimum Gasteiger partial charge on any atom is -0.379 e. The van der Waals surface area contributed by atoms with Gasteiger partial charge in [-0.15, -0.1) is 0 Å². The van der Waals surface area contributed by atoms with Gasteiger partial charge in [0.25, 0.3) is 0 Å². The molecule has 0 aromatic heterocycles. The molecule has 0 unspecified atom stereocenters. The standard InChI is InChI=1S/C8H8BrFN2S/c9-6-3-5(1-2-7(6)10)4-13-8(11)12/h1-3H,4H2,(H3,11,12). The maximum Gasteiger partial charge on any atom is 0.151 e. The van der Waals surface area contributed by atoms with Gasteiger partial charge in [0.05, 0.1) is 4.47 Å². The van der Waals surface area contributed by atoms with Crippen molar-refractivity contribution in [2.45, 2.75) is 5.75 Å². The number of benzene rings is 1. The number of nitrogens with two attached hydrogens (primary N) is 1. The minimum atomic E-state index is -0.281. The molecule has 0 bridgehead atoms. The van der Waals surface area contributed by atoms with Crippen molar-refractivity contribution in [3.63, 3.8) is 0 Å². The molecule has 0 radical (unpaired) electrons. The molecule has 3 N–H and O–H groups in total. The van der Waals surface area contributed by atoms with Crippen LogP contribution in [0.15, 0.2) is 22.7 Å². The van der Waals surface area contributed by atoms with Crippen LogP contribution < -0.4 is 5.73 Å². The predicted octanol–water partition coefficient (Wildman–Crippen LogP) is 2.71. The fourth-order valence-corrected chi connectivity index (χ4v) is 1.72. The van der Waals surface area contributed by atoms with Crippen LogP contribution in [0.5, 0.6) is 0 Å². The van der Waals surface area contributed by atoms with Crippen LogP contribution in [0.1, 0.15) is 5.56 Å². The number of nitrogens with one attached hydrogen (secondary N) is 1. The fourth-order valence-electron chi connectivity index (χ4n) is 0.791. The highest BCUT2D eigenvalue weighted by Gasteiger charge is 2.00. The zero-order valence-corrected chi connectivity index (χ0v) is 9.08. The first-order valence-electron chi connectivity index (χ1n) is 3.50. The number of rotatable bonds is 2. The Kier molecular flexibility index (Phi) is 3.74. The SMILES string of the molecule is N=C(N)SCc1ccc(F)c(Br)c1. The van der Waals surface area contributed by atoms with Gasteiger partial charge in [0.15, 0.2) is 5.17 Å². The Labute approximate surface area is 88.3 Å². The highest BCUT2D eigenvalue weighted by atomic mass is 79.9. The molecule has 0 fully saturated rings. The lowest BCUT2D eigenvalue weighted by Crippen LogP contribution is -2.03. The van der Waals surface area contributed by atoms with E-state index >= 15 is 0 Å². The predicted molar refractivity (Wildman–Crippen MR) is 57.3 cm³/mol. The van der Waals surface area contributed by atoms with E-state index in [1.165, 1.54) is 17.8 Å². The molecule has 0 atom stereocenters. The fraction of sp³-hybridized carbons (Fsp3) is 0.125. The molecule has 0 spiro atoms. The molecular weight excluding hydrogens is 255 g/mol. The van der Waals surface area contributed by atoms with Crippen LogP contribution in [0.3, 0.4) is 0 Å². The van der Waals surface area contributed by atoms with Gasteiger partial charge in [-0.2, -0.15) is 0 Å². The van der Waals surface area contributed by atoms with Crippen molar-refractivity contribution in [3.8, 4) is 0 Å². The lowest BCUT2D eigenvalue weighted by molar-refractivity contribution is 0.620. The summed E-state index contributed by atoms with van der Waals surface area (Å²) < 4.78 is 13.2. The van der Waals surface area contributed by atoms with Crippen LogP contribution in [0, 0.1) is 11.2 Å². The van der Waals surface area contributed by atoms with Crippen molar-refractivity contribution in [1.82, 2.24) is 0 Å². The number of hydrogen-bond acceptors (Lipinski definition) is 2. The Morgan fingerprint density at radius 3 is 2.85 bits per heavy atom. The van der Waals surface area contributed by atoms with Crippen molar-refractivity contribution in [2.75, 3.05) is 0 Å². The molecule has 2 nitrogen and oxygen atoms in total. The van der Waals surface area contributed by atoms with Crippen molar-refractivity contribution < 1.29 is 4.39 Å². The minimum absolute atomic E-state index is 0.0699. The molecule has 0 aliphatic rings. The number of hydrogen-bond donors (Lipinski definition) is 2. The first kappa shape index (κ1) is 10.5. The second-order valence-corrected chi connectivity index (χ2v) is 4.27. The number of thioether (sulfide) groups is 1. The van der Waals surface area contributed by atoms with E-state index in [0.29, 0.717) is 10.2 Å². The van der Waals surface area contributed by atoms with Gasteiger partial charge in [-0.05, 0) is 33.6 Å². The zero-order valence-electron chi connectivity index (χ0n) is 6.68. The van der Waals surface area contributed by atoms with Gasteiger partial charge in [0.2, 0.25) is 0 Å². The van der Waals surface area contributed by atoms with E-state index in [1.807, 2.05) is 0 Å². The monoisotopic (exact) mass is 262 g/mol. The van der Waals surface area contributed by atoms with E-state index in [1.54, 1.807) is 12.1 Å². The van der Waals surface area contributed by atoms with Gasteiger partial charge in [-0.3, -0.25) is 5.41 Å². The second-order valence-electron chi connectivity index (χ2n) is 2.40. The molecule has 70 valence electrons. The van der Waals surface area contributed by atoms with Crippen molar-refractivity contribution in [3.05, 3.63) is 34.1 Å². The van der Waals surface area contributed by atoms with Gasteiger partial charge in [-0.1, -0.05) is 17.8 Å². The summed E-state index contributed by atoms with van der Waals surface area (Å²) in [4.78, 5) is 0. The molecule has 1 aromatic carbocycles. The average molecular weight is 263 g/mol. The van der Waals surface area contributed by atoms with Crippen LogP contribution in [-0.2, 0) is 5.75 Å². The molecular formula is C8H8BrFN2S. The summed E-state index contributed by atoms with van der Waals surface area (Å²) in [5.41, 5.74) is 6.11. The third-order valence-corrected chi connectivity index (χ3v) is 2.77. The summed E-state index contributed by atoms with van der Waals surface area (Å²) in [7, 11) is 0. The first-order valence-corrected chi connectivity index (χ1v) is 5.28. The van der Waals surface area contributed by atoms with Gasteiger partial charge in [-0.25, -0.2) is 4.39 Å². The van der Waals surface area contributed by atoms with Crippen molar-refractivity contribution in [1.29, 1.82) is 5.41 Å². The topological polar surface area (TPSA) is 49.9 Å². The maximum absolute atomic E-state index is 12.8. The number of halogens is 2. The lowest BCUT2D eigenvalue weighted by atomic mass is 10.2. The Balaban J connectivity index is 2.68. The average Bonchev–Trinajstić information content (AvgIpc) is 2.07.